The number of rotatable bonds is 4. The molecule has 1 aromatic heterocycles. The average Bonchev–Trinajstić information content (AvgIpc) is 2.89. The molecular formula is C14H9Cl2N3O3. The first-order chi connectivity index (χ1) is 10.4. The number of nitrogens with one attached hydrogen (secondary N) is 1. The highest BCUT2D eigenvalue weighted by Crippen LogP contribution is 2.26. The van der Waals surface area contributed by atoms with Crippen molar-refractivity contribution in [1.82, 2.24) is 4.98 Å². The number of aromatic nitrogens is 1. The molecule has 0 saturated carbocycles. The van der Waals surface area contributed by atoms with E-state index >= 15 is 0 Å². The van der Waals surface area contributed by atoms with Crippen LogP contribution in [0.4, 0.5) is 5.69 Å². The van der Waals surface area contributed by atoms with Crippen molar-refractivity contribution in [3.63, 3.8) is 0 Å². The van der Waals surface area contributed by atoms with Gasteiger partial charge in [0.05, 0.1) is 16.8 Å². The van der Waals surface area contributed by atoms with E-state index in [0.29, 0.717) is 5.02 Å². The highest BCUT2D eigenvalue weighted by atomic mass is 35.5. The fourth-order valence-electron chi connectivity index (χ4n) is 1.71. The summed E-state index contributed by atoms with van der Waals surface area (Å²) in [5.74, 6) is -2.87. The normalized spacial score (nSPS) is 11.5. The summed E-state index contributed by atoms with van der Waals surface area (Å²) in [5, 5.41) is 12.1. The summed E-state index contributed by atoms with van der Waals surface area (Å²) in [5.41, 5.74) is 0.199. The van der Waals surface area contributed by atoms with Crippen LogP contribution in [-0.2, 0) is 4.79 Å². The molecule has 0 aliphatic rings. The summed E-state index contributed by atoms with van der Waals surface area (Å²) in [6.45, 7) is 1.52. The Labute approximate surface area is 135 Å². The lowest BCUT2D eigenvalue weighted by molar-refractivity contribution is -0.117. The van der Waals surface area contributed by atoms with Gasteiger partial charge in [-0.1, -0.05) is 23.2 Å². The third kappa shape index (κ3) is 3.27. The maximum atomic E-state index is 12.2. The fraction of sp³-hybridized carbons (Fsp3) is 0.143. The number of nitrogens with zero attached hydrogens (tertiary/aromatic N) is 2. The number of halogens is 2. The number of ketones is 1. The third-order valence-electron chi connectivity index (χ3n) is 2.82. The molecule has 0 bridgehead atoms. The maximum absolute atomic E-state index is 12.2. The van der Waals surface area contributed by atoms with Crippen molar-refractivity contribution in [2.24, 2.45) is 5.92 Å². The molecule has 0 aliphatic carbocycles. The Kier molecular flexibility index (Phi) is 4.81. The predicted octanol–water partition coefficient (Wildman–Crippen LogP) is 3.25. The quantitative estimate of drug-likeness (QED) is 0.682. The van der Waals surface area contributed by atoms with E-state index in [1.54, 1.807) is 6.07 Å². The van der Waals surface area contributed by atoms with E-state index in [9.17, 15) is 9.59 Å². The molecule has 1 amide bonds. The molecule has 1 N–H and O–H groups in total. The number of Topliss-reactive ketones (excluding diaryl/α,β-unsaturated/α-hetero) is 1. The van der Waals surface area contributed by atoms with Crippen molar-refractivity contribution in [1.29, 1.82) is 5.26 Å². The second kappa shape index (κ2) is 6.60. The SMILES string of the molecule is Cc1ocnc1C(=O)C(C#N)C(=O)Nc1ccc(Cl)cc1Cl. The first kappa shape index (κ1) is 16.0. The van der Waals surface area contributed by atoms with Gasteiger partial charge < -0.3 is 9.73 Å². The smallest absolute Gasteiger partial charge is 0.249 e. The molecule has 1 atom stereocenters. The minimum Gasteiger partial charge on any atom is -0.448 e. The number of carbonyl (C=O) groups is 2. The van der Waals surface area contributed by atoms with E-state index in [0.717, 1.165) is 6.39 Å². The number of hydrogen-bond acceptors (Lipinski definition) is 5. The van der Waals surface area contributed by atoms with Crippen LogP contribution in [0, 0.1) is 24.2 Å². The van der Waals surface area contributed by atoms with Crippen molar-refractivity contribution in [3.8, 4) is 6.07 Å². The monoisotopic (exact) mass is 337 g/mol. The second-order valence-electron chi connectivity index (χ2n) is 4.30. The Morgan fingerprint density at radius 2 is 2.14 bits per heavy atom. The van der Waals surface area contributed by atoms with E-state index in [4.69, 9.17) is 32.9 Å². The molecule has 112 valence electrons. The topological polar surface area (TPSA) is 96.0 Å². The third-order valence-corrected chi connectivity index (χ3v) is 3.37. The number of carbonyl (C=O) groups excluding carboxylic acids is 2. The first-order valence-electron chi connectivity index (χ1n) is 6.04. The molecule has 0 fully saturated rings. The second-order valence-corrected chi connectivity index (χ2v) is 5.14. The van der Waals surface area contributed by atoms with E-state index in [1.165, 1.54) is 25.1 Å². The predicted molar refractivity (Wildman–Crippen MR) is 79.8 cm³/mol. The number of anilines is 1. The van der Waals surface area contributed by atoms with Crippen LogP contribution >= 0.6 is 23.2 Å². The van der Waals surface area contributed by atoms with Gasteiger partial charge in [-0.25, -0.2) is 4.98 Å². The minimum absolute atomic E-state index is 0.0519. The highest BCUT2D eigenvalue weighted by molar-refractivity contribution is 6.36. The van der Waals surface area contributed by atoms with Crippen LogP contribution < -0.4 is 5.32 Å². The number of hydrogen-bond donors (Lipinski definition) is 1. The van der Waals surface area contributed by atoms with Gasteiger partial charge in [0.1, 0.15) is 11.5 Å². The Balaban J connectivity index is 2.21. The summed E-state index contributed by atoms with van der Waals surface area (Å²) in [4.78, 5) is 28.0. The zero-order chi connectivity index (χ0) is 16.3. The van der Waals surface area contributed by atoms with Crippen LogP contribution in [0.2, 0.25) is 10.0 Å². The van der Waals surface area contributed by atoms with Gasteiger partial charge in [-0.15, -0.1) is 0 Å². The van der Waals surface area contributed by atoms with E-state index in [-0.39, 0.29) is 22.2 Å². The number of aryl methyl sites for hydroxylation is 1. The number of nitriles is 1. The number of oxazole rings is 1. The molecule has 1 heterocycles. The zero-order valence-corrected chi connectivity index (χ0v) is 12.8. The van der Waals surface area contributed by atoms with E-state index < -0.39 is 17.6 Å². The van der Waals surface area contributed by atoms with Gasteiger partial charge >= 0.3 is 0 Å². The Morgan fingerprint density at radius 3 is 2.68 bits per heavy atom. The van der Waals surface area contributed by atoms with Crippen molar-refractivity contribution in [2.45, 2.75) is 6.92 Å². The van der Waals surface area contributed by atoms with Crippen LogP contribution in [0.25, 0.3) is 0 Å². The molecular weight excluding hydrogens is 329 g/mol. The lowest BCUT2D eigenvalue weighted by atomic mass is 10.0. The highest BCUT2D eigenvalue weighted by Gasteiger charge is 2.31. The molecule has 2 aromatic rings. The summed E-state index contributed by atoms with van der Waals surface area (Å²) in [6, 6.07) is 6.09. The summed E-state index contributed by atoms with van der Waals surface area (Å²) in [7, 11) is 0. The molecule has 0 aliphatic heterocycles. The van der Waals surface area contributed by atoms with Crippen molar-refractivity contribution >= 4 is 40.6 Å². The maximum Gasteiger partial charge on any atom is 0.249 e. The van der Waals surface area contributed by atoms with Gasteiger partial charge in [0.15, 0.2) is 12.3 Å². The van der Waals surface area contributed by atoms with Gasteiger partial charge in [-0.05, 0) is 25.1 Å². The summed E-state index contributed by atoms with van der Waals surface area (Å²) < 4.78 is 4.90. The van der Waals surface area contributed by atoms with Crippen LogP contribution in [0.1, 0.15) is 16.2 Å². The van der Waals surface area contributed by atoms with E-state index in [1.807, 2.05) is 0 Å². The minimum atomic E-state index is -1.56. The van der Waals surface area contributed by atoms with Gasteiger partial charge in [0, 0.05) is 5.02 Å². The van der Waals surface area contributed by atoms with Gasteiger partial charge in [0.25, 0.3) is 0 Å². The van der Waals surface area contributed by atoms with Gasteiger partial charge in [0.2, 0.25) is 11.7 Å². The van der Waals surface area contributed by atoms with E-state index in [2.05, 4.69) is 10.3 Å². The molecule has 6 nitrogen and oxygen atoms in total. The molecule has 2 rings (SSSR count). The molecule has 1 aromatic carbocycles. The van der Waals surface area contributed by atoms with Gasteiger partial charge in [-0.2, -0.15) is 5.26 Å². The molecule has 0 spiro atoms. The lowest BCUT2D eigenvalue weighted by Crippen LogP contribution is -2.29. The first-order valence-corrected chi connectivity index (χ1v) is 6.79. The lowest BCUT2D eigenvalue weighted by Gasteiger charge is -2.10. The number of amides is 1. The Morgan fingerprint density at radius 1 is 1.41 bits per heavy atom. The van der Waals surface area contributed by atoms with Crippen LogP contribution in [0.15, 0.2) is 29.0 Å². The molecule has 1 unspecified atom stereocenters. The van der Waals surface area contributed by atoms with Crippen molar-refractivity contribution < 1.29 is 14.0 Å². The number of benzene rings is 1. The molecule has 22 heavy (non-hydrogen) atoms. The van der Waals surface area contributed by atoms with Crippen LogP contribution in [0.5, 0.6) is 0 Å². The molecule has 0 saturated heterocycles. The van der Waals surface area contributed by atoms with Gasteiger partial charge in [-0.3, -0.25) is 9.59 Å². The molecule has 8 heteroatoms. The van der Waals surface area contributed by atoms with Crippen molar-refractivity contribution in [2.75, 3.05) is 5.32 Å². The van der Waals surface area contributed by atoms with Crippen molar-refractivity contribution in [3.05, 3.63) is 46.1 Å². The largest absolute Gasteiger partial charge is 0.448 e. The summed E-state index contributed by atoms with van der Waals surface area (Å²) >= 11 is 11.7. The van der Waals surface area contributed by atoms with Crippen LogP contribution in [-0.4, -0.2) is 16.7 Å². The van der Waals surface area contributed by atoms with Crippen LogP contribution in [0.3, 0.4) is 0 Å². The zero-order valence-electron chi connectivity index (χ0n) is 11.3. The Bertz CT molecular complexity index is 780. The fourth-order valence-corrected chi connectivity index (χ4v) is 2.17. The standard InChI is InChI=1S/C14H9Cl2N3O3/c1-7-12(18-6-22-7)13(20)9(5-17)14(21)19-11-3-2-8(15)4-10(11)16/h2-4,6,9H,1H3,(H,19,21). The molecule has 0 radical (unpaired) electrons. The Hall–Kier alpha value is -2.36. The summed E-state index contributed by atoms with van der Waals surface area (Å²) in [6.07, 6.45) is 1.07. The average molecular weight is 338 g/mol.